The molecule has 0 radical (unpaired) electrons. The van der Waals surface area contributed by atoms with Crippen molar-refractivity contribution in [1.82, 2.24) is 10.3 Å². The normalized spacial score (nSPS) is 19.2. The summed E-state index contributed by atoms with van der Waals surface area (Å²) in [7, 11) is 0. The van der Waals surface area contributed by atoms with Gasteiger partial charge >= 0.3 is 0 Å². The summed E-state index contributed by atoms with van der Waals surface area (Å²) in [6.07, 6.45) is 3.93. The molecule has 1 aliphatic rings. The van der Waals surface area contributed by atoms with Crippen LogP contribution in [0.4, 0.5) is 0 Å². The zero-order valence-corrected chi connectivity index (χ0v) is 17.9. The molecule has 1 aliphatic carbocycles. The maximum Gasteiger partial charge on any atom is 0.252 e. The minimum Gasteiger partial charge on any atom is -0.349 e. The fourth-order valence-corrected chi connectivity index (χ4v) is 4.59. The Balaban J connectivity index is 0.00000169. The molecule has 0 aliphatic heterocycles. The van der Waals surface area contributed by atoms with Crippen molar-refractivity contribution >= 4 is 53.8 Å². The van der Waals surface area contributed by atoms with Crippen molar-refractivity contribution in [2.24, 2.45) is 5.73 Å². The monoisotopic (exact) mass is 433 g/mol. The van der Waals surface area contributed by atoms with Crippen LogP contribution < -0.4 is 11.1 Å². The van der Waals surface area contributed by atoms with Crippen LogP contribution in [0.1, 0.15) is 46.7 Å². The first-order chi connectivity index (χ1) is 11.6. The molecule has 3 rings (SSSR count). The summed E-state index contributed by atoms with van der Waals surface area (Å²) in [5, 5.41) is 6.33. The van der Waals surface area contributed by atoms with Crippen molar-refractivity contribution in [3.05, 3.63) is 45.9 Å². The number of thioether (sulfide) groups is 1. The van der Waals surface area contributed by atoms with Crippen molar-refractivity contribution in [1.29, 1.82) is 0 Å². The van der Waals surface area contributed by atoms with Crippen molar-refractivity contribution in [2.75, 3.05) is 0 Å². The van der Waals surface area contributed by atoms with Crippen molar-refractivity contribution in [3.8, 4) is 0 Å². The highest BCUT2D eigenvalue weighted by Crippen LogP contribution is 2.27. The molecule has 1 aromatic heterocycles. The van der Waals surface area contributed by atoms with E-state index in [4.69, 9.17) is 5.73 Å². The van der Waals surface area contributed by atoms with Gasteiger partial charge in [-0.1, -0.05) is 12.1 Å². The Bertz CT molecular complexity index is 703. The number of hydrogen-bond donors (Lipinski definition) is 2. The van der Waals surface area contributed by atoms with Gasteiger partial charge in [0.1, 0.15) is 0 Å². The van der Waals surface area contributed by atoms with Gasteiger partial charge in [0.25, 0.3) is 5.91 Å². The molecular weight excluding hydrogens is 409 g/mol. The minimum absolute atomic E-state index is 0. The maximum absolute atomic E-state index is 12.7. The number of nitrogens with zero attached hydrogens (tertiary/aromatic N) is 1. The number of carbonyl (C=O) groups excluding carboxylic acids is 1. The van der Waals surface area contributed by atoms with Gasteiger partial charge in [0.15, 0.2) is 0 Å². The highest BCUT2D eigenvalue weighted by molar-refractivity contribution is 7.98. The number of aromatic nitrogens is 1. The zero-order valence-electron chi connectivity index (χ0n) is 14.6. The molecule has 144 valence electrons. The molecule has 1 saturated carbocycles. The number of thiazole rings is 1. The molecule has 0 bridgehead atoms. The second-order valence-corrected chi connectivity index (χ2v) is 8.31. The molecule has 0 unspecified atom stereocenters. The quantitative estimate of drug-likeness (QED) is 0.676. The van der Waals surface area contributed by atoms with E-state index in [9.17, 15) is 4.79 Å². The molecule has 3 N–H and O–H groups in total. The lowest BCUT2D eigenvalue weighted by Crippen LogP contribution is -2.40. The van der Waals surface area contributed by atoms with E-state index in [1.54, 1.807) is 23.1 Å². The third-order valence-corrected chi connectivity index (χ3v) is 6.21. The standard InChI is InChI=1S/C18H23N3OS2.2ClH/c1-12-20-15(10-23-12)11-24-17-5-3-2-4-16(17)18(22)21-14-8-6-13(19)7-9-14;;/h2-5,10,13-14H,6-9,11,19H2,1H3,(H,21,22);2*1H. The molecule has 8 heteroatoms. The molecule has 0 saturated heterocycles. The lowest BCUT2D eigenvalue weighted by atomic mass is 9.91. The first kappa shape index (κ1) is 23.2. The minimum atomic E-state index is 0. The summed E-state index contributed by atoms with van der Waals surface area (Å²) >= 11 is 3.33. The Kier molecular flexibility index (Phi) is 9.97. The Morgan fingerprint density at radius 2 is 1.96 bits per heavy atom. The summed E-state index contributed by atoms with van der Waals surface area (Å²) < 4.78 is 0. The van der Waals surface area contributed by atoms with Crippen LogP contribution in [0.2, 0.25) is 0 Å². The smallest absolute Gasteiger partial charge is 0.252 e. The highest BCUT2D eigenvalue weighted by Gasteiger charge is 2.21. The summed E-state index contributed by atoms with van der Waals surface area (Å²) in [6.45, 7) is 2.01. The van der Waals surface area contributed by atoms with Crippen LogP contribution >= 0.6 is 47.9 Å². The van der Waals surface area contributed by atoms with E-state index in [2.05, 4.69) is 15.7 Å². The van der Waals surface area contributed by atoms with E-state index >= 15 is 0 Å². The van der Waals surface area contributed by atoms with Gasteiger partial charge in [-0.25, -0.2) is 4.98 Å². The average molecular weight is 434 g/mol. The lowest BCUT2D eigenvalue weighted by molar-refractivity contribution is 0.0923. The lowest BCUT2D eigenvalue weighted by Gasteiger charge is -2.27. The van der Waals surface area contributed by atoms with Crippen LogP contribution in [0, 0.1) is 6.92 Å². The number of aryl methyl sites for hydroxylation is 1. The molecular formula is C18H25Cl2N3OS2. The fourth-order valence-electron chi connectivity index (χ4n) is 2.93. The van der Waals surface area contributed by atoms with Crippen LogP contribution in [-0.2, 0) is 5.75 Å². The highest BCUT2D eigenvalue weighted by atomic mass is 35.5. The van der Waals surface area contributed by atoms with Gasteiger partial charge in [-0.15, -0.1) is 47.9 Å². The van der Waals surface area contributed by atoms with Gasteiger partial charge in [-0.2, -0.15) is 0 Å². The predicted octanol–water partition coefficient (Wildman–Crippen LogP) is 4.59. The van der Waals surface area contributed by atoms with Crippen LogP contribution in [0.5, 0.6) is 0 Å². The molecule has 1 fully saturated rings. The number of carbonyl (C=O) groups is 1. The van der Waals surface area contributed by atoms with E-state index in [-0.39, 0.29) is 36.8 Å². The molecule has 1 amide bonds. The van der Waals surface area contributed by atoms with Crippen molar-refractivity contribution in [3.63, 3.8) is 0 Å². The molecule has 2 aromatic rings. The van der Waals surface area contributed by atoms with Crippen LogP contribution in [0.15, 0.2) is 34.5 Å². The van der Waals surface area contributed by atoms with E-state index < -0.39 is 0 Å². The van der Waals surface area contributed by atoms with E-state index in [0.29, 0.717) is 6.04 Å². The average Bonchev–Trinajstić information content (AvgIpc) is 3.01. The van der Waals surface area contributed by atoms with Gasteiger partial charge in [0.2, 0.25) is 0 Å². The first-order valence-corrected chi connectivity index (χ1v) is 10.2. The molecule has 0 atom stereocenters. The summed E-state index contributed by atoms with van der Waals surface area (Å²) in [4.78, 5) is 18.2. The van der Waals surface area contributed by atoms with Gasteiger partial charge in [0, 0.05) is 28.1 Å². The molecule has 26 heavy (non-hydrogen) atoms. The third kappa shape index (κ3) is 6.43. The number of halogens is 2. The number of hydrogen-bond acceptors (Lipinski definition) is 5. The number of amides is 1. The van der Waals surface area contributed by atoms with E-state index in [0.717, 1.165) is 52.6 Å². The Labute approximate surface area is 175 Å². The second-order valence-electron chi connectivity index (χ2n) is 6.23. The molecule has 1 heterocycles. The van der Waals surface area contributed by atoms with Crippen LogP contribution in [0.3, 0.4) is 0 Å². The molecule has 1 aromatic carbocycles. The topological polar surface area (TPSA) is 68.0 Å². The Morgan fingerprint density at radius 1 is 1.27 bits per heavy atom. The number of benzene rings is 1. The van der Waals surface area contributed by atoms with Crippen molar-refractivity contribution < 1.29 is 4.79 Å². The fraction of sp³-hybridized carbons (Fsp3) is 0.444. The summed E-state index contributed by atoms with van der Waals surface area (Å²) in [5.41, 5.74) is 7.76. The van der Waals surface area contributed by atoms with Gasteiger partial charge < -0.3 is 11.1 Å². The number of rotatable bonds is 5. The molecule has 0 spiro atoms. The maximum atomic E-state index is 12.7. The first-order valence-electron chi connectivity index (χ1n) is 8.31. The predicted molar refractivity (Wildman–Crippen MR) is 115 cm³/mol. The Hall–Kier alpha value is -0.790. The second kappa shape index (κ2) is 11.1. The van der Waals surface area contributed by atoms with Gasteiger partial charge in [-0.05, 0) is 44.7 Å². The molecule has 4 nitrogen and oxygen atoms in total. The van der Waals surface area contributed by atoms with Crippen molar-refractivity contribution in [2.45, 2.75) is 55.3 Å². The van der Waals surface area contributed by atoms with Gasteiger partial charge in [0.05, 0.1) is 16.3 Å². The summed E-state index contributed by atoms with van der Waals surface area (Å²) in [5.74, 6) is 0.806. The third-order valence-electron chi connectivity index (χ3n) is 4.28. The Morgan fingerprint density at radius 3 is 2.62 bits per heavy atom. The largest absolute Gasteiger partial charge is 0.349 e. The van der Waals surface area contributed by atoms with Gasteiger partial charge in [-0.3, -0.25) is 4.79 Å². The summed E-state index contributed by atoms with van der Waals surface area (Å²) in [6, 6.07) is 8.35. The number of nitrogens with one attached hydrogen (secondary N) is 1. The van der Waals surface area contributed by atoms with Crippen LogP contribution in [0.25, 0.3) is 0 Å². The van der Waals surface area contributed by atoms with E-state index in [1.807, 2.05) is 31.2 Å². The van der Waals surface area contributed by atoms with Crippen LogP contribution in [-0.4, -0.2) is 23.0 Å². The van der Waals surface area contributed by atoms with E-state index in [1.165, 1.54) is 0 Å². The number of nitrogens with two attached hydrogens (primary N) is 1. The zero-order chi connectivity index (χ0) is 16.9. The SMILES string of the molecule is Cc1nc(CSc2ccccc2C(=O)NC2CCC(N)CC2)cs1.Cl.Cl.